The second-order valence-electron chi connectivity index (χ2n) is 5.01. The van der Waals surface area contributed by atoms with Crippen molar-refractivity contribution in [2.75, 3.05) is 0 Å². The number of rotatable bonds is 0. The maximum atomic E-state index is 7.99. The van der Waals surface area contributed by atoms with Crippen molar-refractivity contribution >= 4 is 0 Å². The zero-order valence-electron chi connectivity index (χ0n) is 10.4. The monoisotopic (exact) mass is 209 g/mol. The van der Waals surface area contributed by atoms with Crippen LogP contribution >= 0.6 is 0 Å². The van der Waals surface area contributed by atoms with Crippen LogP contribution < -0.4 is 29.6 Å². The Labute approximate surface area is 109 Å². The van der Waals surface area contributed by atoms with E-state index >= 15 is 0 Å². The Bertz CT molecular complexity index is 214. The van der Waals surface area contributed by atoms with Gasteiger partial charge >= 0.3 is 29.6 Å². The van der Waals surface area contributed by atoms with E-state index in [4.69, 9.17) is 15.2 Å². The summed E-state index contributed by atoms with van der Waals surface area (Å²) in [5.74, 6) is 0. The molecule has 0 saturated carbocycles. The van der Waals surface area contributed by atoms with E-state index in [0.717, 1.165) is 0 Å². The van der Waals surface area contributed by atoms with E-state index in [0.29, 0.717) is 0 Å². The SMILES string of the molecule is CC1OC(C)([NH-])C(C)(C)OC1(C)C.[Na+]. The van der Waals surface area contributed by atoms with Crippen molar-refractivity contribution in [2.45, 2.75) is 64.6 Å². The molecule has 0 amide bonds. The first-order valence-electron chi connectivity index (χ1n) is 4.71. The molecule has 0 aromatic heterocycles. The predicted molar refractivity (Wildman–Crippen MR) is 52.5 cm³/mol. The molecule has 2 atom stereocenters. The Hall–Kier alpha value is 0.880. The normalized spacial score (nSPS) is 40.1. The largest absolute Gasteiger partial charge is 1.00 e. The molecule has 1 aliphatic heterocycles. The van der Waals surface area contributed by atoms with Crippen LogP contribution in [0.3, 0.4) is 0 Å². The zero-order valence-corrected chi connectivity index (χ0v) is 12.4. The summed E-state index contributed by atoms with van der Waals surface area (Å²) in [5, 5.41) is 0. The van der Waals surface area contributed by atoms with Gasteiger partial charge in [-0.3, -0.25) is 0 Å². The van der Waals surface area contributed by atoms with Gasteiger partial charge in [0.15, 0.2) is 0 Å². The van der Waals surface area contributed by atoms with Crippen LogP contribution in [0.25, 0.3) is 5.73 Å². The first-order chi connectivity index (χ1) is 5.58. The molecule has 0 spiro atoms. The zero-order chi connectivity index (χ0) is 10.5. The third kappa shape index (κ3) is 2.52. The molecular weight excluding hydrogens is 189 g/mol. The Balaban J connectivity index is 0.00000169. The van der Waals surface area contributed by atoms with Crippen LogP contribution in [-0.4, -0.2) is 23.0 Å². The summed E-state index contributed by atoms with van der Waals surface area (Å²) in [4.78, 5) is 0. The Kier molecular flexibility index (Phi) is 4.29. The quantitative estimate of drug-likeness (QED) is 0.516. The van der Waals surface area contributed by atoms with Gasteiger partial charge in [-0.1, -0.05) is 6.92 Å². The van der Waals surface area contributed by atoms with E-state index in [9.17, 15) is 0 Å². The topological polar surface area (TPSA) is 42.3 Å². The fourth-order valence-electron chi connectivity index (χ4n) is 1.48. The van der Waals surface area contributed by atoms with Crippen LogP contribution in [0.2, 0.25) is 0 Å². The van der Waals surface area contributed by atoms with Crippen LogP contribution in [0.1, 0.15) is 41.5 Å². The molecule has 2 unspecified atom stereocenters. The molecule has 78 valence electrons. The van der Waals surface area contributed by atoms with Crippen molar-refractivity contribution in [2.24, 2.45) is 0 Å². The average Bonchev–Trinajstić information content (AvgIpc) is 1.80. The van der Waals surface area contributed by atoms with Gasteiger partial charge in [-0.2, -0.15) is 0 Å². The molecule has 1 aliphatic rings. The van der Waals surface area contributed by atoms with Crippen molar-refractivity contribution in [1.82, 2.24) is 0 Å². The molecule has 3 nitrogen and oxygen atoms in total. The number of ether oxygens (including phenoxy) is 2. The molecule has 0 radical (unpaired) electrons. The van der Waals surface area contributed by atoms with Crippen molar-refractivity contribution in [3.05, 3.63) is 5.73 Å². The smallest absolute Gasteiger partial charge is 0.647 e. The third-order valence-corrected chi connectivity index (χ3v) is 3.06. The molecular formula is C10H20NNaO2. The van der Waals surface area contributed by atoms with Gasteiger partial charge in [-0.05, 0) is 34.6 Å². The van der Waals surface area contributed by atoms with E-state index in [1.54, 1.807) is 6.92 Å². The first-order valence-corrected chi connectivity index (χ1v) is 4.71. The van der Waals surface area contributed by atoms with E-state index < -0.39 is 11.3 Å². The van der Waals surface area contributed by atoms with Crippen molar-refractivity contribution in [3.63, 3.8) is 0 Å². The summed E-state index contributed by atoms with van der Waals surface area (Å²) in [6.07, 6.45) is -0.0528. The summed E-state index contributed by atoms with van der Waals surface area (Å²) < 4.78 is 11.5. The molecule has 1 saturated heterocycles. The minimum absolute atomic E-state index is 0. The Morgan fingerprint density at radius 1 is 1.07 bits per heavy atom. The number of hydrogen-bond donors (Lipinski definition) is 0. The van der Waals surface area contributed by atoms with Crippen LogP contribution in [0.5, 0.6) is 0 Å². The number of hydrogen-bond acceptors (Lipinski definition) is 2. The molecule has 0 bridgehead atoms. The molecule has 1 N–H and O–H groups in total. The third-order valence-electron chi connectivity index (χ3n) is 3.06. The summed E-state index contributed by atoms with van der Waals surface area (Å²) >= 11 is 0. The van der Waals surface area contributed by atoms with Gasteiger partial charge in [0.05, 0.1) is 17.3 Å². The average molecular weight is 209 g/mol. The van der Waals surface area contributed by atoms with Crippen molar-refractivity contribution in [1.29, 1.82) is 0 Å². The maximum Gasteiger partial charge on any atom is 1.00 e. The minimum atomic E-state index is -0.970. The first kappa shape index (κ1) is 14.9. The van der Waals surface area contributed by atoms with Gasteiger partial charge < -0.3 is 15.2 Å². The molecule has 1 fully saturated rings. The molecule has 1 rings (SSSR count). The summed E-state index contributed by atoms with van der Waals surface area (Å²) in [5.41, 5.74) is 6.14. The second kappa shape index (κ2) is 4.04. The molecule has 14 heavy (non-hydrogen) atoms. The Morgan fingerprint density at radius 2 is 1.50 bits per heavy atom. The fourth-order valence-corrected chi connectivity index (χ4v) is 1.48. The van der Waals surface area contributed by atoms with Gasteiger partial charge in [0.1, 0.15) is 0 Å². The summed E-state index contributed by atoms with van der Waals surface area (Å²) in [6.45, 7) is 11.5. The van der Waals surface area contributed by atoms with Crippen LogP contribution in [0.4, 0.5) is 0 Å². The molecule has 0 aliphatic carbocycles. The van der Waals surface area contributed by atoms with Crippen LogP contribution in [0, 0.1) is 0 Å². The fraction of sp³-hybridized carbons (Fsp3) is 1.00. The standard InChI is InChI=1S/C10H20NO2.Na/c1-7-8(2,3)13-9(4,5)10(6,11)12-7;/h7,11H,1-6H3;/q-1;+1. The van der Waals surface area contributed by atoms with Crippen LogP contribution in [0.15, 0.2) is 0 Å². The maximum absolute atomic E-state index is 7.99. The molecule has 1 heterocycles. The minimum Gasteiger partial charge on any atom is -0.647 e. The predicted octanol–water partition coefficient (Wildman–Crippen LogP) is -0.249. The van der Waals surface area contributed by atoms with Crippen LogP contribution in [-0.2, 0) is 9.47 Å². The van der Waals surface area contributed by atoms with Gasteiger partial charge in [-0.25, -0.2) is 0 Å². The summed E-state index contributed by atoms with van der Waals surface area (Å²) in [6, 6.07) is 0. The Morgan fingerprint density at radius 3 is 1.86 bits per heavy atom. The van der Waals surface area contributed by atoms with Gasteiger partial charge in [-0.15, -0.1) is 0 Å². The van der Waals surface area contributed by atoms with Crippen molar-refractivity contribution in [3.8, 4) is 0 Å². The van der Waals surface area contributed by atoms with Gasteiger partial charge in [0.2, 0.25) is 0 Å². The van der Waals surface area contributed by atoms with E-state index in [1.165, 1.54) is 0 Å². The van der Waals surface area contributed by atoms with E-state index in [2.05, 4.69) is 0 Å². The number of nitrogens with one attached hydrogen (secondary N) is 1. The molecule has 0 aromatic carbocycles. The van der Waals surface area contributed by atoms with Gasteiger partial charge in [0, 0.05) is 5.72 Å². The second-order valence-corrected chi connectivity index (χ2v) is 5.01. The molecule has 4 heteroatoms. The van der Waals surface area contributed by atoms with Gasteiger partial charge in [0.25, 0.3) is 0 Å². The molecule has 0 aromatic rings. The van der Waals surface area contributed by atoms with Crippen molar-refractivity contribution < 1.29 is 39.0 Å². The van der Waals surface area contributed by atoms with E-state index in [-0.39, 0.29) is 41.3 Å². The summed E-state index contributed by atoms with van der Waals surface area (Å²) in [7, 11) is 0. The van der Waals surface area contributed by atoms with E-state index in [1.807, 2.05) is 34.6 Å².